The number of hydrogen-bond donors (Lipinski definition) is 0. The number of nitro groups is 1. The highest BCUT2D eigenvalue weighted by Gasteiger charge is 2.23. The second kappa shape index (κ2) is 5.92. The first kappa shape index (κ1) is 14.3. The molecule has 0 bridgehead atoms. The fourth-order valence-electron chi connectivity index (χ4n) is 2.24. The molecule has 0 radical (unpaired) electrons. The van der Waals surface area contributed by atoms with Crippen LogP contribution >= 0.6 is 11.6 Å². The predicted octanol–water partition coefficient (Wildman–Crippen LogP) is 4.71. The van der Waals surface area contributed by atoms with Crippen molar-refractivity contribution < 1.29 is 4.92 Å². The highest BCUT2D eigenvalue weighted by molar-refractivity contribution is 6.33. The van der Waals surface area contributed by atoms with E-state index in [1.807, 2.05) is 43.0 Å². The van der Waals surface area contributed by atoms with E-state index in [4.69, 9.17) is 11.6 Å². The number of halogens is 1. The average Bonchev–Trinajstić information content (AvgIpc) is 2.41. The molecule has 104 valence electrons. The monoisotopic (exact) mass is 290 g/mol. The van der Waals surface area contributed by atoms with Crippen LogP contribution in [0.1, 0.15) is 12.5 Å². The van der Waals surface area contributed by atoms with Crippen LogP contribution in [0.15, 0.2) is 42.5 Å². The van der Waals surface area contributed by atoms with Crippen LogP contribution in [0.5, 0.6) is 0 Å². The van der Waals surface area contributed by atoms with Crippen molar-refractivity contribution in [2.75, 3.05) is 11.4 Å². The van der Waals surface area contributed by atoms with Crippen LogP contribution in [-0.4, -0.2) is 11.5 Å². The maximum Gasteiger partial charge on any atom is 0.311 e. The largest absolute Gasteiger partial charge is 0.336 e. The number of hydrogen-bond acceptors (Lipinski definition) is 3. The zero-order valence-electron chi connectivity index (χ0n) is 11.3. The van der Waals surface area contributed by atoms with Crippen LogP contribution in [0, 0.1) is 17.0 Å². The van der Waals surface area contributed by atoms with E-state index >= 15 is 0 Å². The molecule has 5 heteroatoms. The molecule has 0 atom stereocenters. The topological polar surface area (TPSA) is 46.4 Å². The Labute approximate surface area is 122 Å². The van der Waals surface area contributed by atoms with Gasteiger partial charge in [0.25, 0.3) is 0 Å². The number of para-hydroxylation sites is 2. The number of nitrogens with zero attached hydrogens (tertiary/aromatic N) is 2. The Hall–Kier alpha value is -2.07. The fourth-order valence-corrected chi connectivity index (χ4v) is 2.48. The molecule has 0 aliphatic heterocycles. The Morgan fingerprint density at radius 3 is 2.40 bits per heavy atom. The summed E-state index contributed by atoms with van der Waals surface area (Å²) in [5.74, 6) is 0. The van der Waals surface area contributed by atoms with Crippen LogP contribution in [0.3, 0.4) is 0 Å². The second-order valence-electron chi connectivity index (χ2n) is 4.40. The summed E-state index contributed by atoms with van der Waals surface area (Å²) in [6.07, 6.45) is 0. The molecule has 0 unspecified atom stereocenters. The lowest BCUT2D eigenvalue weighted by molar-refractivity contribution is -0.383. The van der Waals surface area contributed by atoms with Gasteiger partial charge in [0.05, 0.1) is 4.92 Å². The van der Waals surface area contributed by atoms with Gasteiger partial charge in [-0.05, 0) is 37.6 Å². The van der Waals surface area contributed by atoms with E-state index < -0.39 is 4.92 Å². The lowest BCUT2D eigenvalue weighted by Gasteiger charge is -2.25. The summed E-state index contributed by atoms with van der Waals surface area (Å²) in [6.45, 7) is 4.55. The van der Waals surface area contributed by atoms with E-state index in [2.05, 4.69) is 0 Å². The van der Waals surface area contributed by atoms with E-state index in [0.717, 1.165) is 11.3 Å². The first-order chi connectivity index (χ1) is 9.56. The summed E-state index contributed by atoms with van der Waals surface area (Å²) in [5.41, 5.74) is 2.46. The Morgan fingerprint density at radius 1 is 1.15 bits per heavy atom. The lowest BCUT2D eigenvalue weighted by Crippen LogP contribution is -2.18. The smallest absolute Gasteiger partial charge is 0.311 e. The highest BCUT2D eigenvalue weighted by atomic mass is 35.5. The first-order valence-corrected chi connectivity index (χ1v) is 6.70. The minimum atomic E-state index is -0.432. The van der Waals surface area contributed by atoms with Crippen LogP contribution < -0.4 is 4.90 Å². The van der Waals surface area contributed by atoms with Crippen molar-refractivity contribution in [3.8, 4) is 0 Å². The highest BCUT2D eigenvalue weighted by Crippen LogP contribution is 2.39. The summed E-state index contributed by atoms with van der Waals surface area (Å²) in [5, 5.41) is 11.4. The average molecular weight is 291 g/mol. The maximum atomic E-state index is 11.3. The van der Waals surface area contributed by atoms with E-state index in [0.29, 0.717) is 12.2 Å². The van der Waals surface area contributed by atoms with Crippen LogP contribution in [-0.2, 0) is 0 Å². The summed E-state index contributed by atoms with van der Waals surface area (Å²) >= 11 is 5.98. The molecule has 0 saturated heterocycles. The van der Waals surface area contributed by atoms with E-state index in [1.165, 1.54) is 6.07 Å². The van der Waals surface area contributed by atoms with E-state index in [9.17, 15) is 10.1 Å². The molecule has 0 aliphatic carbocycles. The van der Waals surface area contributed by atoms with Gasteiger partial charge in [-0.1, -0.05) is 35.9 Å². The Morgan fingerprint density at radius 2 is 1.80 bits per heavy atom. The number of rotatable bonds is 4. The van der Waals surface area contributed by atoms with Gasteiger partial charge in [0.15, 0.2) is 0 Å². The third kappa shape index (κ3) is 2.60. The van der Waals surface area contributed by atoms with Gasteiger partial charge < -0.3 is 4.90 Å². The van der Waals surface area contributed by atoms with Crippen molar-refractivity contribution >= 4 is 28.7 Å². The molecule has 0 spiro atoms. The number of anilines is 2. The van der Waals surface area contributed by atoms with Crippen molar-refractivity contribution in [3.63, 3.8) is 0 Å². The van der Waals surface area contributed by atoms with Gasteiger partial charge in [-0.15, -0.1) is 0 Å². The summed E-state index contributed by atoms with van der Waals surface area (Å²) in [7, 11) is 0. The first-order valence-electron chi connectivity index (χ1n) is 6.32. The number of aryl methyl sites for hydroxylation is 1. The zero-order valence-corrected chi connectivity index (χ0v) is 12.1. The molecule has 0 saturated carbocycles. The third-order valence-corrected chi connectivity index (χ3v) is 3.47. The third-order valence-electron chi connectivity index (χ3n) is 3.16. The van der Waals surface area contributed by atoms with Crippen molar-refractivity contribution in [1.29, 1.82) is 0 Å². The summed E-state index contributed by atoms with van der Waals surface area (Å²) in [4.78, 5) is 12.7. The normalized spacial score (nSPS) is 10.3. The van der Waals surface area contributed by atoms with Gasteiger partial charge in [0.1, 0.15) is 10.7 Å². The lowest BCUT2D eigenvalue weighted by atomic mass is 10.1. The fraction of sp³-hybridized carbons (Fsp3) is 0.200. The molecular weight excluding hydrogens is 276 g/mol. The minimum absolute atomic E-state index is 0.0562. The Balaban J connectivity index is 2.62. The molecule has 0 fully saturated rings. The SMILES string of the molecule is CCN(c1ccccc1C)c1cccc(Cl)c1[N+](=O)[O-]. The second-order valence-corrected chi connectivity index (χ2v) is 4.80. The van der Waals surface area contributed by atoms with Crippen LogP contribution in [0.2, 0.25) is 5.02 Å². The zero-order chi connectivity index (χ0) is 14.7. The molecule has 2 aromatic rings. The standard InChI is InChI=1S/C15H15ClN2O2/c1-3-17(13-9-5-4-7-11(13)2)14-10-6-8-12(16)15(14)18(19)20/h4-10H,3H2,1-2H3. The molecular formula is C15H15ClN2O2. The van der Waals surface area contributed by atoms with Crippen molar-refractivity contribution in [2.24, 2.45) is 0 Å². The molecule has 4 nitrogen and oxygen atoms in total. The quantitative estimate of drug-likeness (QED) is 0.605. The molecule has 0 N–H and O–H groups in total. The Kier molecular flexibility index (Phi) is 4.25. The molecule has 20 heavy (non-hydrogen) atoms. The molecule has 0 amide bonds. The number of benzene rings is 2. The maximum absolute atomic E-state index is 11.3. The summed E-state index contributed by atoms with van der Waals surface area (Å²) < 4.78 is 0. The van der Waals surface area contributed by atoms with Crippen LogP contribution in [0.25, 0.3) is 0 Å². The van der Waals surface area contributed by atoms with E-state index in [-0.39, 0.29) is 10.7 Å². The van der Waals surface area contributed by atoms with Crippen LogP contribution in [0.4, 0.5) is 17.1 Å². The predicted molar refractivity (Wildman–Crippen MR) is 82.0 cm³/mol. The van der Waals surface area contributed by atoms with Crippen molar-refractivity contribution in [2.45, 2.75) is 13.8 Å². The molecule has 2 rings (SSSR count). The molecule has 0 heterocycles. The van der Waals surface area contributed by atoms with Gasteiger partial charge >= 0.3 is 5.69 Å². The van der Waals surface area contributed by atoms with Crippen molar-refractivity contribution in [1.82, 2.24) is 0 Å². The summed E-state index contributed by atoms with van der Waals surface area (Å²) in [6, 6.07) is 12.8. The number of nitro benzene ring substituents is 1. The molecule has 0 aromatic heterocycles. The Bertz CT molecular complexity index is 644. The van der Waals surface area contributed by atoms with Gasteiger partial charge in [-0.3, -0.25) is 10.1 Å². The van der Waals surface area contributed by atoms with Crippen molar-refractivity contribution in [3.05, 3.63) is 63.2 Å². The molecule has 0 aliphatic rings. The van der Waals surface area contributed by atoms with Gasteiger partial charge in [0, 0.05) is 12.2 Å². The molecule has 2 aromatic carbocycles. The van der Waals surface area contributed by atoms with Gasteiger partial charge in [0.2, 0.25) is 0 Å². The van der Waals surface area contributed by atoms with Gasteiger partial charge in [-0.2, -0.15) is 0 Å². The minimum Gasteiger partial charge on any atom is -0.336 e. The van der Waals surface area contributed by atoms with E-state index in [1.54, 1.807) is 12.1 Å². The van der Waals surface area contributed by atoms with Gasteiger partial charge in [-0.25, -0.2) is 0 Å².